The van der Waals surface area contributed by atoms with Crippen molar-refractivity contribution in [2.24, 2.45) is 14.1 Å². The Hall–Kier alpha value is -3.79. The van der Waals surface area contributed by atoms with E-state index < -0.39 is 0 Å². The van der Waals surface area contributed by atoms with E-state index in [0.717, 1.165) is 41.4 Å². The molecule has 6 heterocycles. The highest BCUT2D eigenvalue weighted by Gasteiger charge is 2.31. The maximum absolute atomic E-state index is 13.6. The van der Waals surface area contributed by atoms with E-state index in [9.17, 15) is 4.79 Å². The summed E-state index contributed by atoms with van der Waals surface area (Å²) in [6, 6.07) is 1.90. The van der Waals surface area contributed by atoms with Crippen molar-refractivity contribution in [1.29, 1.82) is 0 Å². The molecule has 3 atom stereocenters. The maximum Gasteiger partial charge on any atom is 0.349 e. The molecule has 5 aromatic heterocycles. The first-order chi connectivity index (χ1) is 16.9. The van der Waals surface area contributed by atoms with Gasteiger partial charge in [0.05, 0.1) is 36.6 Å². The molecule has 1 fully saturated rings. The molecule has 35 heavy (non-hydrogen) atoms. The molecule has 1 aliphatic rings. The van der Waals surface area contributed by atoms with E-state index in [4.69, 9.17) is 9.15 Å². The van der Waals surface area contributed by atoms with Gasteiger partial charge in [-0.25, -0.2) is 9.78 Å². The van der Waals surface area contributed by atoms with Gasteiger partial charge in [-0.1, -0.05) is 6.92 Å². The Morgan fingerprint density at radius 3 is 2.69 bits per heavy atom. The lowest BCUT2D eigenvalue weighted by Gasteiger charge is -2.34. The summed E-state index contributed by atoms with van der Waals surface area (Å²) in [6.07, 6.45) is 11.4. The van der Waals surface area contributed by atoms with Gasteiger partial charge in [0.15, 0.2) is 11.2 Å². The molecule has 0 bridgehead atoms. The first-order valence-electron chi connectivity index (χ1n) is 11.9. The minimum atomic E-state index is -0.302. The topological polar surface area (TPSA) is 106 Å². The number of aromatic nitrogens is 7. The van der Waals surface area contributed by atoms with Crippen LogP contribution in [-0.2, 0) is 18.8 Å². The van der Waals surface area contributed by atoms with Crippen molar-refractivity contribution < 1.29 is 9.15 Å². The molecule has 0 N–H and O–H groups in total. The zero-order valence-electron chi connectivity index (χ0n) is 20.2. The van der Waals surface area contributed by atoms with Crippen LogP contribution in [0.15, 0.2) is 46.4 Å². The summed E-state index contributed by atoms with van der Waals surface area (Å²) in [4.78, 5) is 27.2. The number of fused-ring (bicyclic) bond motifs is 3. The standard InChI is InChI=1S/C25H27N7O3/c1-5-17-7-16(6-14(2)34-17)32-23-18-8-19(20-12-30(3)13-27-20)26-10-21(18)35-24(23)22(29-25(32)33)15-9-28-31(4)11-15/h8-14,16-17H,5-7H2,1-4H3/t14-,16+,17+/m1/s1. The first-order valence-corrected chi connectivity index (χ1v) is 11.9. The zero-order valence-corrected chi connectivity index (χ0v) is 20.2. The summed E-state index contributed by atoms with van der Waals surface area (Å²) >= 11 is 0. The molecular formula is C25H27N7O3. The summed E-state index contributed by atoms with van der Waals surface area (Å²) in [7, 11) is 3.75. The highest BCUT2D eigenvalue weighted by atomic mass is 16.5. The van der Waals surface area contributed by atoms with Crippen molar-refractivity contribution in [1.82, 2.24) is 33.9 Å². The quantitative estimate of drug-likeness (QED) is 0.390. The Labute approximate surface area is 201 Å². The molecule has 0 saturated carbocycles. The molecule has 10 heteroatoms. The van der Waals surface area contributed by atoms with Gasteiger partial charge in [0, 0.05) is 43.5 Å². The van der Waals surface area contributed by atoms with Gasteiger partial charge in [-0.2, -0.15) is 10.1 Å². The van der Waals surface area contributed by atoms with Crippen LogP contribution in [0.2, 0.25) is 0 Å². The zero-order chi connectivity index (χ0) is 24.3. The third-order valence-corrected chi connectivity index (χ3v) is 6.75. The minimum Gasteiger partial charge on any atom is -0.450 e. The molecule has 0 radical (unpaired) electrons. The molecule has 180 valence electrons. The number of imidazole rings is 1. The molecule has 0 aromatic carbocycles. The van der Waals surface area contributed by atoms with Crippen LogP contribution in [0.3, 0.4) is 0 Å². The molecule has 10 nitrogen and oxygen atoms in total. The van der Waals surface area contributed by atoms with E-state index in [1.165, 1.54) is 0 Å². The second-order valence-electron chi connectivity index (χ2n) is 9.39. The van der Waals surface area contributed by atoms with Crippen LogP contribution in [-0.4, -0.2) is 46.1 Å². The van der Waals surface area contributed by atoms with Crippen molar-refractivity contribution in [3.05, 3.63) is 47.7 Å². The predicted octanol–water partition coefficient (Wildman–Crippen LogP) is 3.86. The highest BCUT2D eigenvalue weighted by Crippen LogP contribution is 2.38. The summed E-state index contributed by atoms with van der Waals surface area (Å²) in [5.41, 5.74) is 4.26. The number of furan rings is 1. The van der Waals surface area contributed by atoms with Crippen LogP contribution in [0.1, 0.15) is 39.2 Å². The molecule has 5 aromatic rings. The molecular weight excluding hydrogens is 446 g/mol. The second kappa shape index (κ2) is 8.16. The van der Waals surface area contributed by atoms with E-state index in [1.54, 1.807) is 23.4 Å². The van der Waals surface area contributed by atoms with Crippen molar-refractivity contribution >= 4 is 22.1 Å². The third kappa shape index (κ3) is 3.65. The molecule has 1 aliphatic heterocycles. The van der Waals surface area contributed by atoms with Gasteiger partial charge in [-0.3, -0.25) is 14.2 Å². The fourth-order valence-corrected chi connectivity index (χ4v) is 5.14. The Bertz CT molecular complexity index is 1610. The fraction of sp³-hybridized carbons (Fsp3) is 0.400. The Kier molecular flexibility index (Phi) is 5.06. The Morgan fingerprint density at radius 1 is 1.11 bits per heavy atom. The molecule has 0 spiro atoms. The number of hydrogen-bond acceptors (Lipinski definition) is 7. The lowest BCUT2D eigenvalue weighted by molar-refractivity contribution is -0.0594. The highest BCUT2D eigenvalue weighted by molar-refractivity contribution is 6.07. The number of aryl methyl sites for hydroxylation is 2. The summed E-state index contributed by atoms with van der Waals surface area (Å²) in [5.74, 6) is 0. The molecule has 0 amide bonds. The van der Waals surface area contributed by atoms with Gasteiger partial charge in [-0.15, -0.1) is 0 Å². The third-order valence-electron chi connectivity index (χ3n) is 6.75. The smallest absolute Gasteiger partial charge is 0.349 e. The summed E-state index contributed by atoms with van der Waals surface area (Å²) < 4.78 is 17.8. The Balaban J connectivity index is 1.65. The van der Waals surface area contributed by atoms with Gasteiger partial charge in [0.1, 0.15) is 16.9 Å². The van der Waals surface area contributed by atoms with E-state index >= 15 is 0 Å². The van der Waals surface area contributed by atoms with E-state index in [-0.39, 0.29) is 23.9 Å². The van der Waals surface area contributed by atoms with Crippen LogP contribution in [0.5, 0.6) is 0 Å². The minimum absolute atomic E-state index is 0.0440. The normalized spacial score (nSPS) is 20.7. The van der Waals surface area contributed by atoms with Crippen molar-refractivity contribution in [2.45, 2.75) is 51.4 Å². The molecule has 6 rings (SSSR count). The summed E-state index contributed by atoms with van der Waals surface area (Å²) in [5, 5.41) is 5.08. The largest absolute Gasteiger partial charge is 0.450 e. The van der Waals surface area contributed by atoms with Gasteiger partial charge < -0.3 is 13.7 Å². The predicted molar refractivity (Wildman–Crippen MR) is 131 cm³/mol. The lowest BCUT2D eigenvalue weighted by atomic mass is 9.97. The lowest BCUT2D eigenvalue weighted by Crippen LogP contribution is -2.37. The van der Waals surface area contributed by atoms with Crippen molar-refractivity contribution in [3.63, 3.8) is 0 Å². The fourth-order valence-electron chi connectivity index (χ4n) is 5.14. The first kappa shape index (κ1) is 21.7. The van der Waals surface area contributed by atoms with Crippen molar-refractivity contribution in [3.8, 4) is 22.6 Å². The van der Waals surface area contributed by atoms with Crippen LogP contribution in [0, 0.1) is 0 Å². The van der Waals surface area contributed by atoms with Gasteiger partial charge in [-0.05, 0) is 32.3 Å². The molecule has 0 unspecified atom stereocenters. The van der Waals surface area contributed by atoms with Crippen LogP contribution in [0.25, 0.3) is 44.7 Å². The van der Waals surface area contributed by atoms with E-state index in [0.29, 0.717) is 22.6 Å². The average Bonchev–Trinajstić information content (AvgIpc) is 3.56. The maximum atomic E-state index is 13.6. The monoisotopic (exact) mass is 473 g/mol. The van der Waals surface area contributed by atoms with Crippen LogP contribution < -0.4 is 5.69 Å². The number of pyridine rings is 1. The van der Waals surface area contributed by atoms with Gasteiger partial charge in [0.2, 0.25) is 0 Å². The number of ether oxygens (including phenoxy) is 1. The summed E-state index contributed by atoms with van der Waals surface area (Å²) in [6.45, 7) is 4.17. The molecule has 1 saturated heterocycles. The number of nitrogens with zero attached hydrogens (tertiary/aromatic N) is 7. The van der Waals surface area contributed by atoms with Gasteiger partial charge in [0.25, 0.3) is 0 Å². The van der Waals surface area contributed by atoms with Crippen LogP contribution in [0.4, 0.5) is 0 Å². The number of rotatable bonds is 4. The van der Waals surface area contributed by atoms with E-state index in [1.807, 2.05) is 41.7 Å². The Morgan fingerprint density at radius 2 is 1.97 bits per heavy atom. The van der Waals surface area contributed by atoms with Crippen LogP contribution >= 0.6 is 0 Å². The average molecular weight is 474 g/mol. The second-order valence-corrected chi connectivity index (χ2v) is 9.39. The molecule has 0 aliphatic carbocycles. The number of hydrogen-bond donors (Lipinski definition) is 0. The van der Waals surface area contributed by atoms with Crippen molar-refractivity contribution in [2.75, 3.05) is 0 Å². The SMILES string of the molecule is CC[C@H]1C[C@@H](n2c(=O)nc(-c3cnn(C)c3)c3oc4cnc(-c5cn(C)cn5)cc4c32)C[C@@H](C)O1. The van der Waals surface area contributed by atoms with E-state index in [2.05, 4.69) is 33.9 Å². The van der Waals surface area contributed by atoms with Gasteiger partial charge >= 0.3 is 5.69 Å².